The van der Waals surface area contributed by atoms with Gasteiger partial charge in [-0.25, -0.2) is 0 Å². The highest BCUT2D eigenvalue weighted by Crippen LogP contribution is 2.34. The third-order valence-corrected chi connectivity index (χ3v) is 3.93. The largest absolute Gasteiger partial charge is 0.464 e. The van der Waals surface area contributed by atoms with Gasteiger partial charge in [0.2, 0.25) is 0 Å². The van der Waals surface area contributed by atoms with Gasteiger partial charge in [-0.1, -0.05) is 36.4 Å². The summed E-state index contributed by atoms with van der Waals surface area (Å²) in [5.74, 6) is -0.150. The maximum atomic E-state index is 12.4. The lowest BCUT2D eigenvalue weighted by atomic mass is 10.1. The summed E-state index contributed by atoms with van der Waals surface area (Å²) in [7, 11) is 0. The van der Waals surface area contributed by atoms with Crippen molar-refractivity contribution < 1.29 is 14.3 Å². The number of hydrogen-bond donors (Lipinski definition) is 1. The number of nitrogens with zero attached hydrogens (tertiary/aromatic N) is 1. The van der Waals surface area contributed by atoms with Crippen molar-refractivity contribution in [2.75, 3.05) is 0 Å². The van der Waals surface area contributed by atoms with Crippen LogP contribution in [0.5, 0.6) is 0 Å². The average Bonchev–Trinajstić information content (AvgIpc) is 3.04. The van der Waals surface area contributed by atoms with Crippen molar-refractivity contribution in [3.63, 3.8) is 0 Å². The van der Waals surface area contributed by atoms with Crippen LogP contribution in [0, 0.1) is 0 Å². The van der Waals surface area contributed by atoms with Crippen LogP contribution in [-0.2, 0) is 6.54 Å². The Labute approximate surface area is 121 Å². The first kappa shape index (κ1) is 12.2. The van der Waals surface area contributed by atoms with Crippen LogP contribution < -0.4 is 0 Å². The maximum absolute atomic E-state index is 12.4. The molecule has 1 unspecified atom stereocenters. The molecular weight excluding hydrogens is 266 g/mol. The number of para-hydroxylation sites is 1. The summed E-state index contributed by atoms with van der Waals surface area (Å²) in [6.45, 7) is 0.325. The number of hydrogen-bond acceptors (Lipinski definition) is 3. The third-order valence-electron chi connectivity index (χ3n) is 3.93. The summed E-state index contributed by atoms with van der Waals surface area (Å²) in [6, 6.07) is 14.8. The van der Waals surface area contributed by atoms with E-state index in [2.05, 4.69) is 0 Å². The lowest BCUT2D eigenvalue weighted by Gasteiger charge is -2.20. The second-order valence-electron chi connectivity index (χ2n) is 5.15. The van der Waals surface area contributed by atoms with Crippen molar-refractivity contribution in [2.45, 2.75) is 12.8 Å². The summed E-state index contributed by atoms with van der Waals surface area (Å²) >= 11 is 0. The molecule has 0 aliphatic carbocycles. The SMILES string of the molecule is O=C1c2ccccc2C(O)N1Cc1coc2ccccc12. The van der Waals surface area contributed by atoms with E-state index in [9.17, 15) is 9.90 Å². The highest BCUT2D eigenvalue weighted by molar-refractivity contribution is 5.99. The molecule has 4 rings (SSSR count). The standard InChI is InChI=1S/C17H13NO3/c19-16-13-6-1-2-7-14(13)17(20)18(16)9-11-10-21-15-8-4-3-5-12(11)15/h1-8,10,16,19H,9H2. The Bertz CT molecular complexity index is 837. The minimum Gasteiger partial charge on any atom is -0.464 e. The van der Waals surface area contributed by atoms with Crippen LogP contribution >= 0.6 is 0 Å². The van der Waals surface area contributed by atoms with E-state index in [0.29, 0.717) is 17.7 Å². The molecule has 1 aliphatic heterocycles. The molecule has 0 radical (unpaired) electrons. The maximum Gasteiger partial charge on any atom is 0.256 e. The van der Waals surface area contributed by atoms with Crippen molar-refractivity contribution in [2.24, 2.45) is 0 Å². The van der Waals surface area contributed by atoms with Gasteiger partial charge in [0.05, 0.1) is 12.8 Å². The molecule has 4 heteroatoms. The molecule has 0 fully saturated rings. The minimum absolute atomic E-state index is 0.150. The lowest BCUT2D eigenvalue weighted by molar-refractivity contribution is 0.0138. The molecule has 1 aromatic heterocycles. The van der Waals surface area contributed by atoms with Gasteiger partial charge in [0.25, 0.3) is 5.91 Å². The number of furan rings is 1. The number of rotatable bonds is 2. The van der Waals surface area contributed by atoms with Crippen molar-refractivity contribution >= 4 is 16.9 Å². The van der Waals surface area contributed by atoms with Crippen LogP contribution in [0.3, 0.4) is 0 Å². The van der Waals surface area contributed by atoms with Crippen molar-refractivity contribution in [1.29, 1.82) is 0 Å². The zero-order valence-corrected chi connectivity index (χ0v) is 11.2. The molecule has 104 valence electrons. The molecule has 0 saturated carbocycles. The number of aliphatic hydroxyl groups excluding tert-OH is 1. The van der Waals surface area contributed by atoms with Gasteiger partial charge in [-0.3, -0.25) is 4.79 Å². The first-order valence-electron chi connectivity index (χ1n) is 6.79. The highest BCUT2D eigenvalue weighted by atomic mass is 16.3. The summed E-state index contributed by atoms with van der Waals surface area (Å²) < 4.78 is 5.49. The van der Waals surface area contributed by atoms with Crippen LogP contribution in [0.1, 0.15) is 27.7 Å². The van der Waals surface area contributed by atoms with Crippen LogP contribution in [0.15, 0.2) is 59.2 Å². The first-order chi connectivity index (χ1) is 10.3. The fourth-order valence-corrected chi connectivity index (χ4v) is 2.85. The Balaban J connectivity index is 1.71. The van der Waals surface area contributed by atoms with Gasteiger partial charge < -0.3 is 14.4 Å². The molecular formula is C17H13NO3. The predicted octanol–water partition coefficient (Wildman–Crippen LogP) is 3.08. The van der Waals surface area contributed by atoms with E-state index in [4.69, 9.17) is 4.42 Å². The topological polar surface area (TPSA) is 53.7 Å². The molecule has 21 heavy (non-hydrogen) atoms. The number of benzene rings is 2. The fraction of sp³-hybridized carbons (Fsp3) is 0.118. The Morgan fingerprint density at radius 1 is 1.10 bits per heavy atom. The summed E-state index contributed by atoms with van der Waals surface area (Å²) in [5, 5.41) is 11.3. The second kappa shape index (κ2) is 4.46. The summed E-state index contributed by atoms with van der Waals surface area (Å²) in [5.41, 5.74) is 2.91. The minimum atomic E-state index is -0.901. The molecule has 0 bridgehead atoms. The molecule has 4 nitrogen and oxygen atoms in total. The van der Waals surface area contributed by atoms with Crippen molar-refractivity contribution in [3.8, 4) is 0 Å². The van der Waals surface area contributed by atoms with Gasteiger partial charge in [0.15, 0.2) is 6.23 Å². The molecule has 0 saturated heterocycles. The summed E-state index contributed by atoms with van der Waals surface area (Å²) in [4.78, 5) is 13.9. The molecule has 0 spiro atoms. The Kier molecular flexibility index (Phi) is 2.59. The first-order valence-corrected chi connectivity index (χ1v) is 6.79. The van der Waals surface area contributed by atoms with E-state index in [1.54, 1.807) is 24.5 Å². The normalized spacial score (nSPS) is 17.5. The smallest absolute Gasteiger partial charge is 0.256 e. The Morgan fingerprint density at radius 2 is 1.86 bits per heavy atom. The lowest BCUT2D eigenvalue weighted by Crippen LogP contribution is -2.27. The van der Waals surface area contributed by atoms with E-state index >= 15 is 0 Å². The van der Waals surface area contributed by atoms with E-state index in [1.165, 1.54) is 4.90 Å². The molecule has 1 aliphatic rings. The Morgan fingerprint density at radius 3 is 2.71 bits per heavy atom. The van der Waals surface area contributed by atoms with Crippen LogP contribution in [0.2, 0.25) is 0 Å². The Hall–Kier alpha value is -2.59. The molecule has 1 atom stereocenters. The van der Waals surface area contributed by atoms with E-state index in [0.717, 1.165) is 16.5 Å². The zero-order chi connectivity index (χ0) is 14.4. The van der Waals surface area contributed by atoms with E-state index < -0.39 is 6.23 Å². The third kappa shape index (κ3) is 1.76. The van der Waals surface area contributed by atoms with Crippen LogP contribution in [0.4, 0.5) is 0 Å². The molecule has 1 amide bonds. The molecule has 3 aromatic rings. The molecule has 1 N–H and O–H groups in total. The van der Waals surface area contributed by atoms with Gasteiger partial charge in [-0.2, -0.15) is 0 Å². The predicted molar refractivity (Wildman–Crippen MR) is 77.5 cm³/mol. The number of amides is 1. The molecule has 2 heterocycles. The summed E-state index contributed by atoms with van der Waals surface area (Å²) in [6.07, 6.45) is 0.746. The number of fused-ring (bicyclic) bond motifs is 2. The molecule has 2 aromatic carbocycles. The fourth-order valence-electron chi connectivity index (χ4n) is 2.85. The van der Waals surface area contributed by atoms with Crippen LogP contribution in [-0.4, -0.2) is 15.9 Å². The second-order valence-corrected chi connectivity index (χ2v) is 5.15. The van der Waals surface area contributed by atoms with Gasteiger partial charge in [-0.05, 0) is 12.1 Å². The van der Waals surface area contributed by atoms with E-state index in [1.807, 2.05) is 30.3 Å². The number of aliphatic hydroxyl groups is 1. The van der Waals surface area contributed by atoms with Gasteiger partial charge in [0.1, 0.15) is 5.58 Å². The van der Waals surface area contributed by atoms with Crippen molar-refractivity contribution in [3.05, 3.63) is 71.5 Å². The van der Waals surface area contributed by atoms with Gasteiger partial charge >= 0.3 is 0 Å². The van der Waals surface area contributed by atoms with Gasteiger partial charge in [0, 0.05) is 22.1 Å². The monoisotopic (exact) mass is 279 g/mol. The quantitative estimate of drug-likeness (QED) is 0.784. The van der Waals surface area contributed by atoms with E-state index in [-0.39, 0.29) is 5.91 Å². The van der Waals surface area contributed by atoms with Crippen LogP contribution in [0.25, 0.3) is 11.0 Å². The van der Waals surface area contributed by atoms with Crippen molar-refractivity contribution in [1.82, 2.24) is 4.90 Å². The average molecular weight is 279 g/mol. The zero-order valence-electron chi connectivity index (χ0n) is 11.2. The van der Waals surface area contributed by atoms with Gasteiger partial charge in [-0.15, -0.1) is 0 Å². The highest BCUT2D eigenvalue weighted by Gasteiger charge is 2.35. The number of carbonyl (C=O) groups is 1. The number of carbonyl (C=O) groups excluding carboxylic acids is 1.